The van der Waals surface area contributed by atoms with E-state index in [0.29, 0.717) is 28.9 Å². The van der Waals surface area contributed by atoms with E-state index in [2.05, 4.69) is 20.2 Å². The quantitative estimate of drug-likeness (QED) is 0.544. The molecule has 0 aromatic carbocycles. The topological polar surface area (TPSA) is 98.2 Å². The third kappa shape index (κ3) is 2.88. The van der Waals surface area contributed by atoms with Gasteiger partial charge in [-0.15, -0.1) is 5.10 Å². The lowest BCUT2D eigenvalue weighted by atomic mass is 10.1. The van der Waals surface area contributed by atoms with Crippen molar-refractivity contribution in [3.63, 3.8) is 0 Å². The molecule has 0 radical (unpaired) electrons. The van der Waals surface area contributed by atoms with Crippen LogP contribution in [0.4, 0.5) is 13.2 Å². The first kappa shape index (κ1) is 18.5. The van der Waals surface area contributed by atoms with Crippen LogP contribution in [0.25, 0.3) is 28.1 Å². The van der Waals surface area contributed by atoms with Crippen LogP contribution in [-0.2, 0) is 12.7 Å². The predicted molar refractivity (Wildman–Crippen MR) is 99.1 cm³/mol. The van der Waals surface area contributed by atoms with E-state index in [9.17, 15) is 23.1 Å². The van der Waals surface area contributed by atoms with E-state index >= 15 is 0 Å². The fourth-order valence-electron chi connectivity index (χ4n) is 3.53. The first-order valence-corrected chi connectivity index (χ1v) is 9.35. The first-order valence-electron chi connectivity index (χ1n) is 9.35. The maximum Gasteiger partial charge on any atom is 0.433 e. The third-order valence-electron chi connectivity index (χ3n) is 5.13. The number of carboxylic acid groups (broad SMARTS) is 1. The van der Waals surface area contributed by atoms with Crippen molar-refractivity contribution in [2.45, 2.75) is 38.4 Å². The molecule has 30 heavy (non-hydrogen) atoms. The lowest BCUT2D eigenvalue weighted by molar-refractivity contribution is -0.141. The van der Waals surface area contributed by atoms with Crippen LogP contribution in [-0.4, -0.2) is 40.4 Å². The zero-order valence-electron chi connectivity index (χ0n) is 15.7. The fraction of sp³-hybridized carbons (Fsp3) is 0.316. The SMILES string of the molecule is CCn1ccc(-c2cc(C(=O)O)n3nc4nc(C(F)(F)F)cc(C5CC5)c4c3n2)n1. The predicted octanol–water partition coefficient (Wildman–Crippen LogP) is 3.76. The highest BCUT2D eigenvalue weighted by atomic mass is 19.4. The Kier molecular flexibility index (Phi) is 3.86. The molecule has 0 aliphatic heterocycles. The summed E-state index contributed by atoms with van der Waals surface area (Å²) in [6, 6.07) is 4.04. The maximum atomic E-state index is 13.3. The second-order valence-electron chi connectivity index (χ2n) is 7.19. The molecule has 0 atom stereocenters. The Bertz CT molecular complexity index is 1320. The zero-order chi connectivity index (χ0) is 21.2. The average Bonchev–Trinajstić information content (AvgIpc) is 3.30. The molecular formula is C19H15F3N6O2. The molecule has 154 valence electrons. The summed E-state index contributed by atoms with van der Waals surface area (Å²) in [7, 11) is 0. The van der Waals surface area contributed by atoms with E-state index in [1.165, 1.54) is 6.07 Å². The number of hydrogen-bond acceptors (Lipinski definition) is 5. The molecule has 4 aromatic rings. The number of alkyl halides is 3. The average molecular weight is 416 g/mol. The number of aryl methyl sites for hydroxylation is 1. The van der Waals surface area contributed by atoms with Crippen molar-refractivity contribution in [1.29, 1.82) is 0 Å². The highest BCUT2D eigenvalue weighted by Crippen LogP contribution is 2.45. The highest BCUT2D eigenvalue weighted by Gasteiger charge is 2.37. The van der Waals surface area contributed by atoms with E-state index in [0.717, 1.165) is 23.4 Å². The number of aromatic nitrogens is 6. The van der Waals surface area contributed by atoms with Crippen LogP contribution in [0.2, 0.25) is 0 Å². The van der Waals surface area contributed by atoms with Crippen molar-refractivity contribution in [3.05, 3.63) is 41.3 Å². The van der Waals surface area contributed by atoms with Crippen molar-refractivity contribution in [3.8, 4) is 11.4 Å². The molecular weight excluding hydrogens is 401 g/mol. The van der Waals surface area contributed by atoms with Gasteiger partial charge in [-0.25, -0.2) is 19.3 Å². The van der Waals surface area contributed by atoms with Gasteiger partial charge in [0.15, 0.2) is 17.0 Å². The molecule has 0 bridgehead atoms. The molecule has 1 saturated carbocycles. The Hall–Kier alpha value is -3.50. The summed E-state index contributed by atoms with van der Waals surface area (Å²) in [4.78, 5) is 20.1. The Labute approximate surface area is 167 Å². The van der Waals surface area contributed by atoms with Gasteiger partial charge in [-0.1, -0.05) is 0 Å². The van der Waals surface area contributed by atoms with Gasteiger partial charge in [0, 0.05) is 12.7 Å². The number of hydrogen-bond donors (Lipinski definition) is 1. The van der Waals surface area contributed by atoms with E-state index in [-0.39, 0.29) is 22.9 Å². The van der Waals surface area contributed by atoms with Gasteiger partial charge in [0.05, 0.1) is 11.1 Å². The van der Waals surface area contributed by atoms with Gasteiger partial charge in [0.1, 0.15) is 11.4 Å². The maximum absolute atomic E-state index is 13.3. The number of carboxylic acids is 1. The van der Waals surface area contributed by atoms with Crippen molar-refractivity contribution in [1.82, 2.24) is 29.4 Å². The van der Waals surface area contributed by atoms with E-state index in [1.54, 1.807) is 16.9 Å². The van der Waals surface area contributed by atoms with Gasteiger partial charge >= 0.3 is 12.1 Å². The fourth-order valence-corrected chi connectivity index (χ4v) is 3.53. The Morgan fingerprint density at radius 2 is 1.97 bits per heavy atom. The van der Waals surface area contributed by atoms with Crippen LogP contribution >= 0.6 is 0 Å². The first-order chi connectivity index (χ1) is 14.3. The third-order valence-corrected chi connectivity index (χ3v) is 5.13. The van der Waals surface area contributed by atoms with Gasteiger partial charge in [-0.2, -0.15) is 18.3 Å². The molecule has 1 fully saturated rings. The monoisotopic (exact) mass is 416 g/mol. The molecule has 11 heteroatoms. The number of nitrogens with zero attached hydrogens (tertiary/aromatic N) is 6. The molecule has 5 rings (SSSR count). The molecule has 1 aliphatic rings. The Balaban J connectivity index is 1.85. The molecule has 1 aliphatic carbocycles. The minimum Gasteiger partial charge on any atom is -0.477 e. The molecule has 0 saturated heterocycles. The zero-order valence-corrected chi connectivity index (χ0v) is 15.7. The lowest BCUT2D eigenvalue weighted by Gasteiger charge is -2.08. The number of aromatic carboxylic acids is 1. The standard InChI is InChI=1S/C19H15F3N6O2/c1-2-27-6-5-11(25-27)12-8-13(18(29)30)28-17(23-12)15-10(9-3-4-9)7-14(19(20,21)22)24-16(15)26-28/h5-9H,2-4H2,1H3,(H,29,30). The highest BCUT2D eigenvalue weighted by molar-refractivity contribution is 5.97. The lowest BCUT2D eigenvalue weighted by Crippen LogP contribution is -2.09. The van der Waals surface area contributed by atoms with Crippen LogP contribution in [0.15, 0.2) is 24.4 Å². The largest absolute Gasteiger partial charge is 0.477 e. The van der Waals surface area contributed by atoms with Gasteiger partial charge < -0.3 is 5.11 Å². The summed E-state index contributed by atoms with van der Waals surface area (Å²) < 4.78 is 42.8. The van der Waals surface area contributed by atoms with Gasteiger partial charge in [0.25, 0.3) is 0 Å². The van der Waals surface area contributed by atoms with Crippen LogP contribution in [0.5, 0.6) is 0 Å². The normalized spacial score (nSPS) is 14.7. The molecule has 4 aromatic heterocycles. The summed E-state index contributed by atoms with van der Waals surface area (Å²) in [5.74, 6) is -1.34. The summed E-state index contributed by atoms with van der Waals surface area (Å²) in [5, 5.41) is 18.5. The summed E-state index contributed by atoms with van der Waals surface area (Å²) >= 11 is 0. The summed E-state index contributed by atoms with van der Waals surface area (Å²) in [6.45, 7) is 2.53. The summed E-state index contributed by atoms with van der Waals surface area (Å²) in [6.07, 6.45) is -1.39. The molecule has 0 spiro atoms. The molecule has 8 nitrogen and oxygen atoms in total. The molecule has 0 amide bonds. The van der Waals surface area contributed by atoms with Crippen LogP contribution in [0.3, 0.4) is 0 Å². The molecule has 4 heterocycles. The van der Waals surface area contributed by atoms with Gasteiger partial charge in [-0.3, -0.25) is 4.68 Å². The van der Waals surface area contributed by atoms with Gasteiger partial charge in [0.2, 0.25) is 0 Å². The minimum absolute atomic E-state index is 0.0531. The number of rotatable bonds is 4. The van der Waals surface area contributed by atoms with Gasteiger partial charge in [-0.05, 0) is 49.4 Å². The van der Waals surface area contributed by atoms with E-state index < -0.39 is 17.8 Å². The number of fused-ring (bicyclic) bond motifs is 3. The second kappa shape index (κ2) is 6.25. The number of pyridine rings is 1. The Morgan fingerprint density at radius 3 is 2.57 bits per heavy atom. The van der Waals surface area contributed by atoms with Crippen LogP contribution < -0.4 is 0 Å². The smallest absolute Gasteiger partial charge is 0.433 e. The number of carbonyl (C=O) groups is 1. The molecule has 0 unspecified atom stereocenters. The van der Waals surface area contributed by atoms with Crippen molar-refractivity contribution in [2.24, 2.45) is 0 Å². The van der Waals surface area contributed by atoms with Crippen LogP contribution in [0, 0.1) is 0 Å². The molecule has 1 N–H and O–H groups in total. The minimum atomic E-state index is -4.63. The number of halogens is 3. The van der Waals surface area contributed by atoms with Crippen molar-refractivity contribution >= 4 is 22.6 Å². The second-order valence-corrected chi connectivity index (χ2v) is 7.19. The van der Waals surface area contributed by atoms with Crippen molar-refractivity contribution < 1.29 is 23.1 Å². The summed E-state index contributed by atoms with van der Waals surface area (Å²) in [5.41, 5.74) is -0.0672. The van der Waals surface area contributed by atoms with Crippen molar-refractivity contribution in [2.75, 3.05) is 0 Å². The Morgan fingerprint density at radius 1 is 1.20 bits per heavy atom. The van der Waals surface area contributed by atoms with Crippen LogP contribution in [0.1, 0.15) is 47.4 Å². The van der Waals surface area contributed by atoms with E-state index in [4.69, 9.17) is 0 Å². The van der Waals surface area contributed by atoms with E-state index in [1.807, 2.05) is 6.92 Å².